The minimum Gasteiger partial charge on any atom is -0.449 e. The maximum absolute atomic E-state index is 10.9. The third-order valence-electron chi connectivity index (χ3n) is 5.47. The second-order valence-electron chi connectivity index (χ2n) is 7.38. The maximum atomic E-state index is 10.9. The summed E-state index contributed by atoms with van der Waals surface area (Å²) in [4.78, 5) is 26.2. The number of carbonyl (C=O) groups is 1. The van der Waals surface area contributed by atoms with E-state index >= 15 is 0 Å². The lowest BCUT2D eigenvalue weighted by molar-refractivity contribution is 0.144. The van der Waals surface area contributed by atoms with E-state index in [2.05, 4.69) is 35.0 Å². The van der Waals surface area contributed by atoms with Crippen LogP contribution < -0.4 is 9.64 Å². The minimum absolute atomic E-state index is 0.237. The van der Waals surface area contributed by atoms with Crippen LogP contribution in [-0.2, 0) is 0 Å². The van der Waals surface area contributed by atoms with E-state index in [0.29, 0.717) is 17.1 Å². The first kappa shape index (κ1) is 17.5. The van der Waals surface area contributed by atoms with Crippen molar-refractivity contribution in [2.24, 2.45) is 0 Å². The molecule has 1 fully saturated rings. The highest BCUT2D eigenvalue weighted by molar-refractivity contribution is 5.89. The van der Waals surface area contributed by atoms with Gasteiger partial charge < -0.3 is 19.7 Å². The summed E-state index contributed by atoms with van der Waals surface area (Å²) in [6.07, 6.45) is 2.80. The Morgan fingerprint density at radius 1 is 1.17 bits per heavy atom. The summed E-state index contributed by atoms with van der Waals surface area (Å²) in [5.41, 5.74) is 4.23. The molecule has 0 aliphatic carbocycles. The zero-order chi connectivity index (χ0) is 20.0. The molecule has 7 heteroatoms. The summed E-state index contributed by atoms with van der Waals surface area (Å²) in [5, 5.41) is 10.0. The van der Waals surface area contributed by atoms with Crippen LogP contribution in [0.15, 0.2) is 48.7 Å². The molecule has 2 N–H and O–H groups in total. The van der Waals surface area contributed by atoms with E-state index < -0.39 is 6.16 Å². The Morgan fingerprint density at radius 3 is 2.86 bits per heavy atom. The summed E-state index contributed by atoms with van der Waals surface area (Å²) in [6.45, 7) is 3.12. The number of anilines is 1. The molecule has 146 valence electrons. The zero-order valence-electron chi connectivity index (χ0n) is 15.9. The maximum Gasteiger partial charge on any atom is 0.511 e. The van der Waals surface area contributed by atoms with Gasteiger partial charge in [-0.1, -0.05) is 6.07 Å². The Morgan fingerprint density at radius 2 is 2.07 bits per heavy atom. The molecular weight excluding hydrogens is 368 g/mol. The average Bonchev–Trinajstić information content (AvgIpc) is 3.34. The molecular formula is C22H20N4O3. The van der Waals surface area contributed by atoms with E-state index in [1.54, 1.807) is 18.2 Å². The van der Waals surface area contributed by atoms with Crippen LogP contribution in [0.3, 0.4) is 0 Å². The Kier molecular flexibility index (Phi) is 4.08. The number of hydrogen-bond acceptors (Lipinski definition) is 5. The molecule has 2 aromatic carbocycles. The van der Waals surface area contributed by atoms with Crippen molar-refractivity contribution >= 4 is 33.9 Å². The highest BCUT2D eigenvalue weighted by Gasteiger charge is 2.26. The fourth-order valence-electron chi connectivity index (χ4n) is 4.03. The van der Waals surface area contributed by atoms with Gasteiger partial charge in [-0.05, 0) is 50.1 Å². The topological polar surface area (TPSA) is 91.3 Å². The molecule has 0 amide bonds. The van der Waals surface area contributed by atoms with Gasteiger partial charge in [-0.25, -0.2) is 14.8 Å². The second-order valence-corrected chi connectivity index (χ2v) is 7.38. The zero-order valence-corrected chi connectivity index (χ0v) is 15.9. The standard InChI is InChI=1S/C22H20N4O3/c1-13-3-2-10-26(13)21-20(15-4-6-17-14(11-15)8-9-23-17)24-18-7-5-16(29-22(27)28)12-19(18)25-21/h4-9,11-13,23H,2-3,10H2,1H3,(H,27,28)/t13-/m0/s1. The summed E-state index contributed by atoms with van der Waals surface area (Å²) in [7, 11) is 0. The van der Waals surface area contributed by atoms with Gasteiger partial charge >= 0.3 is 6.16 Å². The van der Waals surface area contributed by atoms with Crippen molar-refractivity contribution < 1.29 is 14.6 Å². The number of aromatic nitrogens is 3. The van der Waals surface area contributed by atoms with Gasteiger partial charge in [0.1, 0.15) is 11.4 Å². The molecule has 0 radical (unpaired) electrons. The fourth-order valence-corrected chi connectivity index (χ4v) is 4.03. The first-order chi connectivity index (χ1) is 14.1. The highest BCUT2D eigenvalue weighted by atomic mass is 16.7. The molecule has 0 spiro atoms. The van der Waals surface area contributed by atoms with Crippen LogP contribution in [0.2, 0.25) is 0 Å². The van der Waals surface area contributed by atoms with Crippen molar-refractivity contribution in [1.29, 1.82) is 0 Å². The summed E-state index contributed by atoms with van der Waals surface area (Å²) in [6, 6.07) is 13.6. The van der Waals surface area contributed by atoms with E-state index in [-0.39, 0.29) is 5.75 Å². The molecule has 1 atom stereocenters. The third-order valence-corrected chi connectivity index (χ3v) is 5.47. The van der Waals surface area contributed by atoms with Crippen LogP contribution in [0.5, 0.6) is 5.75 Å². The summed E-state index contributed by atoms with van der Waals surface area (Å²) in [5.74, 6) is 1.06. The average molecular weight is 388 g/mol. The number of rotatable bonds is 3. The predicted molar refractivity (Wildman–Crippen MR) is 112 cm³/mol. The predicted octanol–water partition coefficient (Wildman–Crippen LogP) is 4.82. The molecule has 29 heavy (non-hydrogen) atoms. The van der Waals surface area contributed by atoms with Crippen LogP contribution in [0, 0.1) is 0 Å². The number of ether oxygens (including phenoxy) is 1. The van der Waals surface area contributed by atoms with Crippen LogP contribution in [0.25, 0.3) is 33.2 Å². The quantitative estimate of drug-likeness (QED) is 0.386. The number of benzene rings is 2. The van der Waals surface area contributed by atoms with Crippen LogP contribution in [-0.4, -0.2) is 38.8 Å². The van der Waals surface area contributed by atoms with Crippen LogP contribution in [0.4, 0.5) is 10.6 Å². The third kappa shape index (κ3) is 3.14. The van der Waals surface area contributed by atoms with Crippen molar-refractivity contribution in [3.8, 4) is 17.0 Å². The Balaban J connectivity index is 1.70. The smallest absolute Gasteiger partial charge is 0.449 e. The lowest BCUT2D eigenvalue weighted by Gasteiger charge is -2.25. The van der Waals surface area contributed by atoms with Crippen molar-refractivity contribution in [3.63, 3.8) is 0 Å². The SMILES string of the molecule is C[C@H]1CCCN1c1nc2cc(OC(=O)O)ccc2nc1-c1ccc2[nH]ccc2c1. The Hall–Kier alpha value is -3.61. The number of aromatic amines is 1. The van der Waals surface area contributed by atoms with Gasteiger partial charge in [-0.2, -0.15) is 0 Å². The molecule has 1 aliphatic heterocycles. The van der Waals surface area contributed by atoms with Gasteiger partial charge in [0.25, 0.3) is 0 Å². The number of hydrogen-bond donors (Lipinski definition) is 2. The van der Waals surface area contributed by atoms with E-state index in [0.717, 1.165) is 47.4 Å². The van der Waals surface area contributed by atoms with Gasteiger partial charge in [-0.3, -0.25) is 0 Å². The van der Waals surface area contributed by atoms with Gasteiger partial charge in [0.15, 0.2) is 5.82 Å². The highest BCUT2D eigenvalue weighted by Crippen LogP contribution is 2.35. The van der Waals surface area contributed by atoms with E-state index in [4.69, 9.17) is 19.8 Å². The van der Waals surface area contributed by atoms with Gasteiger partial charge in [0.2, 0.25) is 0 Å². The second kappa shape index (κ2) is 6.77. The Labute approximate surface area is 167 Å². The molecule has 0 unspecified atom stereocenters. The molecule has 5 rings (SSSR count). The fraction of sp³-hybridized carbons (Fsp3) is 0.227. The normalized spacial score (nSPS) is 16.6. The molecule has 4 aromatic rings. The molecule has 1 aliphatic rings. The van der Waals surface area contributed by atoms with Crippen molar-refractivity contribution in [2.45, 2.75) is 25.8 Å². The number of nitrogens with one attached hydrogen (secondary N) is 1. The summed E-state index contributed by atoms with van der Waals surface area (Å²) < 4.78 is 4.79. The molecule has 0 saturated carbocycles. The molecule has 7 nitrogen and oxygen atoms in total. The first-order valence-corrected chi connectivity index (χ1v) is 9.65. The first-order valence-electron chi connectivity index (χ1n) is 9.65. The van der Waals surface area contributed by atoms with Gasteiger partial charge in [-0.15, -0.1) is 0 Å². The molecule has 0 bridgehead atoms. The van der Waals surface area contributed by atoms with Crippen LogP contribution >= 0.6 is 0 Å². The number of fused-ring (bicyclic) bond motifs is 2. The molecule has 1 saturated heterocycles. The van der Waals surface area contributed by atoms with Crippen LogP contribution in [0.1, 0.15) is 19.8 Å². The monoisotopic (exact) mass is 388 g/mol. The van der Waals surface area contributed by atoms with Crippen molar-refractivity contribution in [2.75, 3.05) is 11.4 Å². The van der Waals surface area contributed by atoms with E-state index in [1.807, 2.05) is 12.3 Å². The lowest BCUT2D eigenvalue weighted by Crippen LogP contribution is -2.28. The Bertz CT molecular complexity index is 1230. The molecule has 2 aromatic heterocycles. The van der Waals surface area contributed by atoms with Gasteiger partial charge in [0, 0.05) is 41.3 Å². The number of carboxylic acid groups (broad SMARTS) is 1. The van der Waals surface area contributed by atoms with Crippen molar-refractivity contribution in [1.82, 2.24) is 15.0 Å². The number of nitrogens with zero attached hydrogens (tertiary/aromatic N) is 3. The molecule has 3 heterocycles. The lowest BCUT2D eigenvalue weighted by atomic mass is 10.1. The van der Waals surface area contributed by atoms with Crippen molar-refractivity contribution in [3.05, 3.63) is 48.7 Å². The van der Waals surface area contributed by atoms with E-state index in [1.165, 1.54) is 0 Å². The number of H-pyrrole nitrogens is 1. The minimum atomic E-state index is -1.35. The van der Waals surface area contributed by atoms with E-state index in [9.17, 15) is 4.79 Å². The largest absolute Gasteiger partial charge is 0.511 e. The summed E-state index contributed by atoms with van der Waals surface area (Å²) >= 11 is 0. The van der Waals surface area contributed by atoms with Gasteiger partial charge in [0.05, 0.1) is 11.0 Å².